The van der Waals surface area contributed by atoms with Crippen molar-refractivity contribution in [1.29, 1.82) is 0 Å². The van der Waals surface area contributed by atoms with Crippen LogP contribution in [0.25, 0.3) is 20.2 Å². The molecule has 2 heterocycles. The molecule has 0 amide bonds. The molecule has 8 nitrogen and oxygen atoms in total. The van der Waals surface area contributed by atoms with Crippen molar-refractivity contribution in [3.63, 3.8) is 0 Å². The van der Waals surface area contributed by atoms with Crippen LogP contribution in [0.3, 0.4) is 0 Å². The number of carbonyl (C=O) groups excluding carboxylic acids is 2. The topological polar surface area (TPSA) is 127 Å². The molecule has 0 bridgehead atoms. The van der Waals surface area contributed by atoms with Gasteiger partial charge in [0.05, 0.1) is 46.6 Å². The summed E-state index contributed by atoms with van der Waals surface area (Å²) in [6.45, 7) is 0. The van der Waals surface area contributed by atoms with Gasteiger partial charge in [-0.2, -0.15) is 0 Å². The van der Waals surface area contributed by atoms with Gasteiger partial charge in [0, 0.05) is 27.3 Å². The van der Waals surface area contributed by atoms with Crippen molar-refractivity contribution in [3.05, 3.63) is 46.2 Å². The van der Waals surface area contributed by atoms with Gasteiger partial charge < -0.3 is 19.7 Å². The van der Waals surface area contributed by atoms with Gasteiger partial charge >= 0.3 is 11.9 Å². The van der Waals surface area contributed by atoms with Gasteiger partial charge in [0.15, 0.2) is 11.6 Å². The van der Waals surface area contributed by atoms with Crippen LogP contribution in [0.5, 0.6) is 11.5 Å². The molecule has 4 rings (SSSR count). The van der Waals surface area contributed by atoms with E-state index in [1.165, 1.54) is 22.7 Å². The maximum atomic E-state index is 12.4. The molecular weight excluding hydrogens is 581 g/mol. The van der Waals surface area contributed by atoms with E-state index in [1.54, 1.807) is 49.9 Å². The van der Waals surface area contributed by atoms with Crippen LogP contribution < -0.4 is 9.47 Å². The van der Waals surface area contributed by atoms with E-state index >= 15 is 0 Å². The fourth-order valence-electron chi connectivity index (χ4n) is 3.76. The molecule has 2 aromatic carbocycles. The molecule has 4 aromatic rings. The van der Waals surface area contributed by atoms with Crippen molar-refractivity contribution in [3.8, 4) is 11.5 Å². The van der Waals surface area contributed by atoms with Gasteiger partial charge in [-0.05, 0) is 47.2 Å². The first-order valence-corrected chi connectivity index (χ1v) is 15.3. The van der Waals surface area contributed by atoms with E-state index in [2.05, 4.69) is 0 Å². The minimum absolute atomic E-state index is 0.0359. The lowest BCUT2D eigenvalue weighted by molar-refractivity contribution is -0.137. The quantitative estimate of drug-likeness (QED) is 0.0876. The number of methoxy groups -OCH3 is 2. The van der Waals surface area contributed by atoms with E-state index in [9.17, 15) is 19.2 Å². The maximum absolute atomic E-state index is 12.4. The molecule has 39 heavy (non-hydrogen) atoms. The summed E-state index contributed by atoms with van der Waals surface area (Å²) in [4.78, 5) is 49.3. The average molecular weight is 605 g/mol. The Balaban J connectivity index is 1.49. The number of rotatable bonds is 14. The van der Waals surface area contributed by atoms with E-state index in [-0.39, 0.29) is 37.2 Å². The van der Waals surface area contributed by atoms with E-state index in [0.29, 0.717) is 26.3 Å². The van der Waals surface area contributed by atoms with Gasteiger partial charge in [0.2, 0.25) is 0 Å². The molecule has 2 aromatic heterocycles. The van der Waals surface area contributed by atoms with Gasteiger partial charge in [-0.15, -0.1) is 46.2 Å². The molecule has 0 radical (unpaired) electrons. The first kappa shape index (κ1) is 28.9. The number of thiophene rings is 2. The molecule has 204 valence electrons. The van der Waals surface area contributed by atoms with Crippen molar-refractivity contribution >= 4 is 89.9 Å². The fourth-order valence-corrected chi connectivity index (χ4v) is 8.08. The summed E-state index contributed by atoms with van der Waals surface area (Å²) in [7, 11) is 3.18. The number of carboxylic acids is 2. The number of aliphatic carboxylic acids is 2. The Hall–Kier alpha value is -3.06. The monoisotopic (exact) mass is 604 g/mol. The van der Waals surface area contributed by atoms with Crippen LogP contribution >= 0.6 is 46.2 Å². The van der Waals surface area contributed by atoms with E-state index in [4.69, 9.17) is 19.7 Å². The van der Waals surface area contributed by atoms with Gasteiger partial charge in [-0.25, -0.2) is 0 Å². The zero-order chi connectivity index (χ0) is 28.1. The average Bonchev–Trinajstić information content (AvgIpc) is 3.52. The third kappa shape index (κ3) is 7.13. The molecule has 0 unspecified atom stereocenters. The number of ether oxygens (including phenoxy) is 2. The maximum Gasteiger partial charge on any atom is 0.303 e. The smallest absolute Gasteiger partial charge is 0.303 e. The number of carbonyl (C=O) groups is 4. The second-order valence-corrected chi connectivity index (χ2v) is 12.9. The highest BCUT2D eigenvalue weighted by Crippen LogP contribution is 2.42. The van der Waals surface area contributed by atoms with Crippen LogP contribution in [0.15, 0.2) is 46.2 Å². The van der Waals surface area contributed by atoms with E-state index in [0.717, 1.165) is 30.0 Å². The Labute approximate surface area is 240 Å². The summed E-state index contributed by atoms with van der Waals surface area (Å²) in [6, 6.07) is 11.3. The lowest BCUT2D eigenvalue weighted by atomic mass is 10.1. The molecule has 0 fully saturated rings. The second kappa shape index (κ2) is 12.9. The molecule has 2 N–H and O–H groups in total. The highest BCUT2D eigenvalue weighted by Gasteiger charge is 2.17. The summed E-state index contributed by atoms with van der Waals surface area (Å²) in [5.74, 6) is -1.01. The van der Waals surface area contributed by atoms with Crippen molar-refractivity contribution in [2.75, 3.05) is 19.3 Å². The summed E-state index contributed by atoms with van der Waals surface area (Å²) in [5, 5.41) is 20.1. The van der Waals surface area contributed by atoms with Crippen LogP contribution in [-0.4, -0.2) is 53.0 Å². The Bertz CT molecular complexity index is 1450. The van der Waals surface area contributed by atoms with Crippen LogP contribution in [0.1, 0.15) is 45.0 Å². The zero-order valence-electron chi connectivity index (χ0n) is 21.0. The minimum Gasteiger partial charge on any atom is -0.496 e. The summed E-state index contributed by atoms with van der Waals surface area (Å²) in [5.41, 5.74) is 0. The van der Waals surface area contributed by atoms with E-state index in [1.807, 2.05) is 24.3 Å². The zero-order valence-corrected chi connectivity index (χ0v) is 24.2. The molecule has 0 aliphatic rings. The van der Waals surface area contributed by atoms with Gasteiger partial charge in [-0.3, -0.25) is 19.2 Å². The molecule has 0 atom stereocenters. The molecular formula is C27H24O8S4. The molecule has 0 saturated heterocycles. The number of carboxylic acid groups (broad SMARTS) is 2. The minimum atomic E-state index is -0.998. The lowest BCUT2D eigenvalue weighted by Gasteiger charge is -2.10. The number of thioether (sulfide) groups is 2. The highest BCUT2D eigenvalue weighted by atomic mass is 32.2. The van der Waals surface area contributed by atoms with Crippen LogP contribution in [-0.2, 0) is 9.59 Å². The highest BCUT2D eigenvalue weighted by molar-refractivity contribution is 8.16. The predicted octanol–water partition coefficient (Wildman–Crippen LogP) is 7.07. The Morgan fingerprint density at radius 1 is 0.667 bits per heavy atom. The standard InChI is InChI=1S/C27H24O8S4/c1-34-18-11-20-14(7-22(38-20)16(28)3-5-26(30)31)9-24(18)36-13-37-25-10-15-8-23(17(29)4-6-27(32)33)39-21(15)12-19(25)35-2/h7-12H,3-6,13H2,1-2H3,(H,30,31)(H,32,33). The van der Waals surface area contributed by atoms with Gasteiger partial charge in [-0.1, -0.05) is 0 Å². The number of hydrogen-bond donors (Lipinski definition) is 2. The number of fused-ring (bicyclic) bond motifs is 2. The third-order valence-electron chi connectivity index (χ3n) is 5.72. The molecule has 0 spiro atoms. The van der Waals surface area contributed by atoms with E-state index < -0.39 is 11.9 Å². The lowest BCUT2D eigenvalue weighted by Crippen LogP contribution is -2.01. The van der Waals surface area contributed by atoms with Gasteiger partial charge in [0.25, 0.3) is 0 Å². The first-order chi connectivity index (χ1) is 18.7. The molecule has 0 aliphatic heterocycles. The Kier molecular flexibility index (Phi) is 9.54. The third-order valence-corrected chi connectivity index (χ3v) is 10.2. The van der Waals surface area contributed by atoms with Crippen molar-refractivity contribution < 1.29 is 38.9 Å². The Morgan fingerprint density at radius 2 is 1.08 bits per heavy atom. The van der Waals surface area contributed by atoms with Crippen molar-refractivity contribution in [2.45, 2.75) is 35.5 Å². The summed E-state index contributed by atoms with van der Waals surface area (Å²) < 4.78 is 13.0. The summed E-state index contributed by atoms with van der Waals surface area (Å²) >= 11 is 5.80. The number of Topliss-reactive ketones (excluding diaryl/α,β-unsaturated/α-hetero) is 2. The van der Waals surface area contributed by atoms with Gasteiger partial charge in [0.1, 0.15) is 11.5 Å². The molecule has 12 heteroatoms. The fraction of sp³-hybridized carbons (Fsp3) is 0.259. The van der Waals surface area contributed by atoms with Crippen LogP contribution in [0.4, 0.5) is 0 Å². The molecule has 0 aliphatic carbocycles. The van der Waals surface area contributed by atoms with Crippen molar-refractivity contribution in [2.24, 2.45) is 0 Å². The second-order valence-electron chi connectivity index (χ2n) is 8.34. The number of benzene rings is 2. The van der Waals surface area contributed by atoms with Crippen LogP contribution in [0.2, 0.25) is 0 Å². The SMILES string of the molecule is COc1cc2sc(C(=O)CCC(=O)O)cc2cc1SCSc1cc2cc(C(=O)CCC(=O)O)sc2cc1OC. The normalized spacial score (nSPS) is 11.1. The summed E-state index contributed by atoms with van der Waals surface area (Å²) in [6.07, 6.45) is -0.465. The van der Waals surface area contributed by atoms with Crippen LogP contribution in [0, 0.1) is 0 Å². The number of ketones is 2. The predicted molar refractivity (Wildman–Crippen MR) is 156 cm³/mol. The number of hydrogen-bond acceptors (Lipinski definition) is 10. The Morgan fingerprint density at radius 3 is 1.44 bits per heavy atom. The largest absolute Gasteiger partial charge is 0.496 e. The first-order valence-electron chi connectivity index (χ1n) is 11.7. The van der Waals surface area contributed by atoms with Crippen molar-refractivity contribution in [1.82, 2.24) is 0 Å². The molecule has 0 saturated carbocycles.